The van der Waals surface area contributed by atoms with Crippen molar-refractivity contribution in [2.75, 3.05) is 5.32 Å². The van der Waals surface area contributed by atoms with E-state index in [1.165, 1.54) is 24.3 Å². The first-order valence-corrected chi connectivity index (χ1v) is 8.82. The van der Waals surface area contributed by atoms with Gasteiger partial charge in [0.05, 0.1) is 11.6 Å². The molecule has 0 aliphatic heterocycles. The number of benzene rings is 2. The van der Waals surface area contributed by atoms with Crippen LogP contribution in [-0.2, 0) is 4.79 Å². The maximum absolute atomic E-state index is 14.7. The van der Waals surface area contributed by atoms with E-state index in [-0.39, 0.29) is 24.4 Å². The SMILES string of the molecule is N#Cc1ccc(NC(=O)C(F)(F)[C@]2(O)CC[C@H](c3ccccc3)CC2)cc1. The number of nitrogens with one attached hydrogen (secondary N) is 1. The molecule has 1 saturated carbocycles. The Morgan fingerprint density at radius 2 is 1.70 bits per heavy atom. The molecule has 4 nitrogen and oxygen atoms in total. The van der Waals surface area contributed by atoms with E-state index in [1.807, 2.05) is 36.4 Å². The van der Waals surface area contributed by atoms with Gasteiger partial charge in [-0.15, -0.1) is 0 Å². The van der Waals surface area contributed by atoms with Crippen LogP contribution in [0.3, 0.4) is 0 Å². The number of alkyl halides is 2. The van der Waals surface area contributed by atoms with Crippen LogP contribution in [0.1, 0.15) is 42.7 Å². The molecule has 2 aromatic rings. The third-order valence-electron chi connectivity index (χ3n) is 5.23. The molecule has 2 N–H and O–H groups in total. The van der Waals surface area contributed by atoms with E-state index in [2.05, 4.69) is 5.32 Å². The summed E-state index contributed by atoms with van der Waals surface area (Å²) >= 11 is 0. The minimum Gasteiger partial charge on any atom is -0.383 e. The second-order valence-electron chi connectivity index (χ2n) is 6.93. The Labute approximate surface area is 156 Å². The van der Waals surface area contributed by atoms with Crippen molar-refractivity contribution in [2.24, 2.45) is 0 Å². The number of carbonyl (C=O) groups excluding carboxylic acids is 1. The van der Waals surface area contributed by atoms with Crippen LogP contribution in [0.5, 0.6) is 0 Å². The van der Waals surface area contributed by atoms with Crippen LogP contribution < -0.4 is 5.32 Å². The van der Waals surface area contributed by atoms with E-state index in [1.54, 1.807) is 0 Å². The van der Waals surface area contributed by atoms with Crippen LogP contribution in [0.4, 0.5) is 14.5 Å². The van der Waals surface area contributed by atoms with Gasteiger partial charge in [0.1, 0.15) is 5.60 Å². The Balaban J connectivity index is 1.68. The van der Waals surface area contributed by atoms with E-state index in [4.69, 9.17) is 5.26 Å². The number of rotatable bonds is 4. The van der Waals surface area contributed by atoms with Gasteiger partial charge in [0.2, 0.25) is 0 Å². The summed E-state index contributed by atoms with van der Waals surface area (Å²) in [5, 5.41) is 21.4. The van der Waals surface area contributed by atoms with Gasteiger partial charge in [-0.25, -0.2) is 0 Å². The van der Waals surface area contributed by atoms with Crippen LogP contribution >= 0.6 is 0 Å². The number of aliphatic hydroxyl groups is 1. The molecule has 6 heteroatoms. The van der Waals surface area contributed by atoms with E-state index in [9.17, 15) is 18.7 Å². The second-order valence-corrected chi connectivity index (χ2v) is 6.93. The maximum Gasteiger partial charge on any atom is 0.352 e. The third-order valence-corrected chi connectivity index (χ3v) is 5.23. The number of carbonyl (C=O) groups is 1. The molecule has 1 aliphatic carbocycles. The highest BCUT2D eigenvalue weighted by molar-refractivity contribution is 5.97. The number of hydrogen-bond donors (Lipinski definition) is 2. The van der Waals surface area contributed by atoms with Crippen molar-refractivity contribution in [2.45, 2.75) is 43.1 Å². The number of anilines is 1. The van der Waals surface area contributed by atoms with Gasteiger partial charge in [-0.3, -0.25) is 4.79 Å². The predicted molar refractivity (Wildman–Crippen MR) is 97.3 cm³/mol. The standard InChI is InChI=1S/C21H20F2N2O2/c22-21(23,19(26)25-18-8-6-15(14-24)7-9-18)20(27)12-10-17(11-13-20)16-4-2-1-3-5-16/h1-9,17,27H,10-13H2,(H,25,26)/t17-,20-. The molecular weight excluding hydrogens is 350 g/mol. The molecule has 3 rings (SSSR count). The molecule has 0 unspecified atom stereocenters. The number of amides is 1. The van der Waals surface area contributed by atoms with Crippen LogP contribution in [0, 0.1) is 11.3 Å². The first kappa shape index (κ1) is 19.0. The zero-order valence-corrected chi connectivity index (χ0v) is 14.7. The monoisotopic (exact) mass is 370 g/mol. The highest BCUT2D eigenvalue weighted by Gasteiger charge is 2.59. The Hall–Kier alpha value is -2.78. The number of nitriles is 1. The lowest BCUT2D eigenvalue weighted by molar-refractivity contribution is -0.197. The summed E-state index contributed by atoms with van der Waals surface area (Å²) in [6, 6.07) is 17.1. The van der Waals surface area contributed by atoms with Crippen LogP contribution in [0.2, 0.25) is 0 Å². The number of nitrogens with zero attached hydrogens (tertiary/aromatic N) is 1. The Morgan fingerprint density at radius 3 is 2.26 bits per heavy atom. The van der Waals surface area contributed by atoms with Crippen LogP contribution in [0.15, 0.2) is 54.6 Å². The van der Waals surface area contributed by atoms with Gasteiger partial charge >= 0.3 is 5.92 Å². The van der Waals surface area contributed by atoms with Gasteiger partial charge in [-0.05, 0) is 61.4 Å². The zero-order chi connectivity index (χ0) is 19.5. The lowest BCUT2D eigenvalue weighted by atomic mass is 9.73. The summed E-state index contributed by atoms with van der Waals surface area (Å²) in [7, 11) is 0. The van der Waals surface area contributed by atoms with Crippen molar-refractivity contribution in [3.63, 3.8) is 0 Å². The predicted octanol–water partition coefficient (Wildman–Crippen LogP) is 4.22. The van der Waals surface area contributed by atoms with Gasteiger partial charge in [-0.1, -0.05) is 30.3 Å². The lowest BCUT2D eigenvalue weighted by Gasteiger charge is -2.40. The van der Waals surface area contributed by atoms with Gasteiger partial charge in [0, 0.05) is 5.69 Å². The van der Waals surface area contributed by atoms with E-state index in [0.29, 0.717) is 18.4 Å². The molecule has 0 heterocycles. The van der Waals surface area contributed by atoms with Crippen molar-refractivity contribution in [3.05, 3.63) is 65.7 Å². The topological polar surface area (TPSA) is 73.1 Å². The fraction of sp³-hybridized carbons (Fsp3) is 0.333. The molecule has 2 aromatic carbocycles. The molecule has 0 aromatic heterocycles. The largest absolute Gasteiger partial charge is 0.383 e. The molecular formula is C21H20F2N2O2. The molecule has 140 valence electrons. The summed E-state index contributed by atoms with van der Waals surface area (Å²) in [5.74, 6) is -5.35. The van der Waals surface area contributed by atoms with Crippen molar-refractivity contribution in [1.29, 1.82) is 5.26 Å². The second kappa shape index (κ2) is 7.45. The van der Waals surface area contributed by atoms with Gasteiger partial charge in [-0.2, -0.15) is 14.0 Å². The number of halogens is 2. The summed E-state index contributed by atoms with van der Waals surface area (Å²) in [5.41, 5.74) is -0.794. The first-order chi connectivity index (χ1) is 12.9. The molecule has 1 amide bonds. The molecule has 1 fully saturated rings. The molecule has 1 aliphatic rings. The average Bonchev–Trinajstić information content (AvgIpc) is 2.69. The molecule has 0 atom stereocenters. The van der Waals surface area contributed by atoms with Gasteiger partial charge < -0.3 is 10.4 Å². The highest BCUT2D eigenvalue weighted by atomic mass is 19.3. The van der Waals surface area contributed by atoms with Crippen molar-refractivity contribution in [3.8, 4) is 6.07 Å². The molecule has 0 spiro atoms. The van der Waals surface area contributed by atoms with E-state index >= 15 is 0 Å². The Kier molecular flexibility index (Phi) is 5.24. The van der Waals surface area contributed by atoms with E-state index < -0.39 is 17.4 Å². The minimum atomic E-state index is -3.91. The average molecular weight is 370 g/mol. The smallest absolute Gasteiger partial charge is 0.352 e. The lowest BCUT2D eigenvalue weighted by Crippen LogP contribution is -2.56. The molecule has 0 bridgehead atoms. The molecule has 0 radical (unpaired) electrons. The summed E-state index contributed by atoms with van der Waals surface area (Å²) < 4.78 is 29.5. The zero-order valence-electron chi connectivity index (χ0n) is 14.7. The summed E-state index contributed by atoms with van der Waals surface area (Å²) in [6.07, 6.45) is 0.473. The van der Waals surface area contributed by atoms with Crippen molar-refractivity contribution >= 4 is 11.6 Å². The van der Waals surface area contributed by atoms with Crippen LogP contribution in [0.25, 0.3) is 0 Å². The maximum atomic E-state index is 14.7. The normalized spacial score (nSPS) is 22.7. The van der Waals surface area contributed by atoms with Gasteiger partial charge in [0.25, 0.3) is 5.91 Å². The first-order valence-electron chi connectivity index (χ1n) is 8.82. The fourth-order valence-corrected chi connectivity index (χ4v) is 3.52. The highest BCUT2D eigenvalue weighted by Crippen LogP contribution is 2.45. The quantitative estimate of drug-likeness (QED) is 0.846. The Bertz CT molecular complexity index is 837. The molecule has 27 heavy (non-hydrogen) atoms. The van der Waals surface area contributed by atoms with E-state index in [0.717, 1.165) is 5.56 Å². The van der Waals surface area contributed by atoms with Crippen molar-refractivity contribution in [1.82, 2.24) is 0 Å². The van der Waals surface area contributed by atoms with Crippen molar-refractivity contribution < 1.29 is 18.7 Å². The summed E-state index contributed by atoms with van der Waals surface area (Å²) in [6.45, 7) is 0. The Morgan fingerprint density at radius 1 is 1.11 bits per heavy atom. The number of hydrogen-bond acceptors (Lipinski definition) is 3. The minimum absolute atomic E-state index is 0.101. The molecule has 0 saturated heterocycles. The van der Waals surface area contributed by atoms with Gasteiger partial charge in [0.15, 0.2) is 0 Å². The van der Waals surface area contributed by atoms with Crippen LogP contribution in [-0.4, -0.2) is 22.5 Å². The summed E-state index contributed by atoms with van der Waals surface area (Å²) in [4.78, 5) is 12.2. The fourth-order valence-electron chi connectivity index (χ4n) is 3.52. The third kappa shape index (κ3) is 3.83.